The summed E-state index contributed by atoms with van der Waals surface area (Å²) in [5, 5.41) is 0. The molecule has 0 N–H and O–H groups in total. The first-order chi connectivity index (χ1) is 5.18. The molecule has 0 bridgehead atoms. The molecule has 11 heavy (non-hydrogen) atoms. The Morgan fingerprint density at radius 3 is 2.91 bits per heavy atom. The molecule has 0 spiro atoms. The van der Waals surface area contributed by atoms with Crippen LogP contribution in [0.25, 0.3) is 0 Å². The van der Waals surface area contributed by atoms with Crippen LogP contribution in [0.3, 0.4) is 0 Å². The highest BCUT2D eigenvalue weighted by molar-refractivity contribution is 5.17. The van der Waals surface area contributed by atoms with Gasteiger partial charge in [0.2, 0.25) is 6.36 Å². The van der Waals surface area contributed by atoms with E-state index >= 15 is 0 Å². The number of halogens is 1. The van der Waals surface area contributed by atoms with Crippen molar-refractivity contribution in [3.8, 4) is 0 Å². The van der Waals surface area contributed by atoms with Gasteiger partial charge in [-0.1, -0.05) is 13.0 Å². The molecule has 1 rings (SSSR count). The van der Waals surface area contributed by atoms with E-state index in [2.05, 4.69) is 6.92 Å². The van der Waals surface area contributed by atoms with Gasteiger partial charge < -0.3 is 4.74 Å². The summed E-state index contributed by atoms with van der Waals surface area (Å²) in [6.45, 7) is 3.50. The van der Waals surface area contributed by atoms with E-state index in [4.69, 9.17) is 4.74 Å². The Morgan fingerprint density at radius 1 is 1.73 bits per heavy atom. The Labute approximate surface area is 66.6 Å². The Morgan fingerprint density at radius 2 is 2.45 bits per heavy atom. The molecule has 62 valence electrons. The highest BCUT2D eigenvalue weighted by Gasteiger charge is 2.06. The van der Waals surface area contributed by atoms with E-state index in [0.29, 0.717) is 11.7 Å². The predicted octanol–water partition coefficient (Wildman–Crippen LogP) is 2.80. The van der Waals surface area contributed by atoms with Gasteiger partial charge in [-0.25, -0.2) is 4.39 Å². The van der Waals surface area contributed by atoms with Gasteiger partial charge in [-0.05, 0) is 24.5 Å². The van der Waals surface area contributed by atoms with Crippen LogP contribution in [0.2, 0.25) is 0 Å². The van der Waals surface area contributed by atoms with Crippen LogP contribution in [-0.4, -0.2) is 6.36 Å². The summed E-state index contributed by atoms with van der Waals surface area (Å²) in [7, 11) is 0. The molecule has 2 atom stereocenters. The molecule has 0 amide bonds. The minimum atomic E-state index is -1.21. The van der Waals surface area contributed by atoms with E-state index in [1.807, 2.05) is 18.2 Å². The fourth-order valence-corrected chi connectivity index (χ4v) is 0.983. The average molecular weight is 156 g/mol. The van der Waals surface area contributed by atoms with Crippen molar-refractivity contribution in [2.24, 2.45) is 5.92 Å². The van der Waals surface area contributed by atoms with Crippen LogP contribution in [0.5, 0.6) is 0 Å². The summed E-state index contributed by atoms with van der Waals surface area (Å²) in [4.78, 5) is 0. The molecule has 0 radical (unpaired) electrons. The molecule has 2 unspecified atom stereocenters. The van der Waals surface area contributed by atoms with Gasteiger partial charge in [0.15, 0.2) is 0 Å². The molecule has 0 aliphatic heterocycles. The van der Waals surface area contributed by atoms with E-state index in [-0.39, 0.29) is 0 Å². The first-order valence-electron chi connectivity index (χ1n) is 3.87. The second-order valence-electron chi connectivity index (χ2n) is 2.84. The average Bonchev–Trinajstić information content (AvgIpc) is 1.93. The summed E-state index contributed by atoms with van der Waals surface area (Å²) >= 11 is 0. The van der Waals surface area contributed by atoms with Crippen molar-refractivity contribution in [2.75, 3.05) is 0 Å². The smallest absolute Gasteiger partial charge is 0.235 e. The lowest BCUT2D eigenvalue weighted by Gasteiger charge is -2.13. The zero-order chi connectivity index (χ0) is 8.27. The second kappa shape index (κ2) is 3.56. The van der Waals surface area contributed by atoms with E-state index in [1.54, 1.807) is 0 Å². The molecule has 0 aromatic rings. The predicted molar refractivity (Wildman–Crippen MR) is 42.7 cm³/mol. The molecule has 0 heterocycles. The summed E-state index contributed by atoms with van der Waals surface area (Å²) < 4.78 is 17.1. The molecule has 0 aromatic heterocycles. The monoisotopic (exact) mass is 156 g/mol. The molecule has 1 aliphatic rings. The first kappa shape index (κ1) is 8.31. The summed E-state index contributed by atoms with van der Waals surface area (Å²) in [5.74, 6) is 1.20. The van der Waals surface area contributed by atoms with Gasteiger partial charge >= 0.3 is 0 Å². The lowest BCUT2D eigenvalue weighted by molar-refractivity contribution is 0.0273. The molecular weight excluding hydrogens is 143 g/mol. The first-order valence-corrected chi connectivity index (χ1v) is 3.87. The topological polar surface area (TPSA) is 9.23 Å². The third kappa shape index (κ3) is 2.74. The van der Waals surface area contributed by atoms with Crippen LogP contribution in [0.15, 0.2) is 24.0 Å². The fourth-order valence-electron chi connectivity index (χ4n) is 0.983. The van der Waals surface area contributed by atoms with Gasteiger partial charge in [-0.15, -0.1) is 0 Å². The van der Waals surface area contributed by atoms with Gasteiger partial charge in [-0.3, -0.25) is 0 Å². The minimum absolute atomic E-state index is 0.553. The maximum absolute atomic E-state index is 12.3. The van der Waals surface area contributed by atoms with Gasteiger partial charge in [0.25, 0.3) is 0 Å². The SMILES string of the molecule is CC1C=CC(OC(C)F)=CC1. The maximum Gasteiger partial charge on any atom is 0.235 e. The van der Waals surface area contributed by atoms with E-state index in [0.717, 1.165) is 6.42 Å². The Bertz CT molecular complexity index is 182. The van der Waals surface area contributed by atoms with Crippen molar-refractivity contribution in [1.82, 2.24) is 0 Å². The largest absolute Gasteiger partial charge is 0.461 e. The van der Waals surface area contributed by atoms with E-state index in [9.17, 15) is 4.39 Å². The third-order valence-corrected chi connectivity index (χ3v) is 1.58. The zero-order valence-electron chi connectivity index (χ0n) is 6.88. The highest BCUT2D eigenvalue weighted by atomic mass is 19.1. The fraction of sp³-hybridized carbons (Fsp3) is 0.556. The number of rotatable bonds is 2. The number of hydrogen-bond acceptors (Lipinski definition) is 1. The molecular formula is C9H13FO. The van der Waals surface area contributed by atoms with Crippen LogP contribution in [0.4, 0.5) is 4.39 Å². The number of ether oxygens (including phenoxy) is 1. The molecule has 2 heteroatoms. The summed E-state index contributed by atoms with van der Waals surface area (Å²) in [6, 6.07) is 0. The quantitative estimate of drug-likeness (QED) is 0.597. The van der Waals surface area contributed by atoms with Crippen LogP contribution in [0, 0.1) is 5.92 Å². The highest BCUT2D eigenvalue weighted by Crippen LogP contribution is 2.17. The molecule has 1 aliphatic carbocycles. The van der Waals surface area contributed by atoms with Crippen molar-refractivity contribution in [3.63, 3.8) is 0 Å². The lowest BCUT2D eigenvalue weighted by Crippen LogP contribution is -2.02. The Kier molecular flexibility index (Phi) is 2.69. The second-order valence-corrected chi connectivity index (χ2v) is 2.84. The zero-order valence-corrected chi connectivity index (χ0v) is 6.88. The number of allylic oxidation sites excluding steroid dienone is 3. The van der Waals surface area contributed by atoms with E-state index < -0.39 is 6.36 Å². The molecule has 0 fully saturated rings. The minimum Gasteiger partial charge on any atom is -0.461 e. The standard InChI is InChI=1S/C9H13FO/c1-7-3-5-9(6-4-7)11-8(2)10/h3,5-8H,4H2,1-2H3. The normalized spacial score (nSPS) is 26.1. The molecule has 0 saturated carbocycles. The van der Waals surface area contributed by atoms with Crippen molar-refractivity contribution < 1.29 is 9.13 Å². The van der Waals surface area contributed by atoms with Gasteiger partial charge in [-0.2, -0.15) is 0 Å². The van der Waals surface area contributed by atoms with Crippen molar-refractivity contribution in [3.05, 3.63) is 24.0 Å². The maximum atomic E-state index is 12.3. The van der Waals surface area contributed by atoms with Crippen LogP contribution in [-0.2, 0) is 4.74 Å². The van der Waals surface area contributed by atoms with Crippen LogP contribution < -0.4 is 0 Å². The van der Waals surface area contributed by atoms with Gasteiger partial charge in [0, 0.05) is 6.92 Å². The number of hydrogen-bond donors (Lipinski definition) is 0. The summed E-state index contributed by atoms with van der Waals surface area (Å²) in [6.07, 6.45) is 5.50. The van der Waals surface area contributed by atoms with Gasteiger partial charge in [0.1, 0.15) is 5.76 Å². The van der Waals surface area contributed by atoms with Gasteiger partial charge in [0.05, 0.1) is 0 Å². The Hall–Kier alpha value is -0.790. The lowest BCUT2D eigenvalue weighted by atomic mass is 10.0. The molecule has 0 saturated heterocycles. The van der Waals surface area contributed by atoms with E-state index in [1.165, 1.54) is 6.92 Å². The third-order valence-electron chi connectivity index (χ3n) is 1.58. The summed E-state index contributed by atoms with van der Waals surface area (Å²) in [5.41, 5.74) is 0. The van der Waals surface area contributed by atoms with Crippen molar-refractivity contribution >= 4 is 0 Å². The van der Waals surface area contributed by atoms with Crippen LogP contribution in [0.1, 0.15) is 20.3 Å². The number of alkyl halides is 1. The molecule has 1 nitrogen and oxygen atoms in total. The van der Waals surface area contributed by atoms with Crippen molar-refractivity contribution in [1.29, 1.82) is 0 Å². The molecule has 0 aromatic carbocycles. The van der Waals surface area contributed by atoms with Crippen LogP contribution >= 0.6 is 0 Å². The Balaban J connectivity index is 2.43. The van der Waals surface area contributed by atoms with Crippen molar-refractivity contribution in [2.45, 2.75) is 26.6 Å².